The quantitative estimate of drug-likeness (QED) is 0.768. The molecule has 2 atom stereocenters. The van der Waals surface area contributed by atoms with Gasteiger partial charge in [-0.05, 0) is 36.4 Å². The van der Waals surface area contributed by atoms with Gasteiger partial charge in [-0.3, -0.25) is 4.79 Å². The number of hydrogen-bond donors (Lipinski definition) is 0. The van der Waals surface area contributed by atoms with Crippen molar-refractivity contribution in [3.05, 3.63) is 60.2 Å². The summed E-state index contributed by atoms with van der Waals surface area (Å²) in [6.45, 7) is 0. The number of benzene rings is 2. The number of carbonyl (C=O) groups excluding carboxylic acids is 1. The zero-order chi connectivity index (χ0) is 19.9. The Morgan fingerprint density at radius 2 is 1.75 bits per heavy atom. The van der Waals surface area contributed by atoms with Gasteiger partial charge in [-0.1, -0.05) is 30.0 Å². The molecule has 2 aliphatic heterocycles. The normalized spacial score (nSPS) is 24.4. The first-order valence-electron chi connectivity index (χ1n) is 8.96. The molecule has 8 heteroatoms. The summed E-state index contributed by atoms with van der Waals surface area (Å²) >= 11 is 1.39. The van der Waals surface area contributed by atoms with Gasteiger partial charge in [0.2, 0.25) is 0 Å². The monoisotopic (exact) mass is 415 g/mol. The van der Waals surface area contributed by atoms with Crippen LogP contribution in [-0.2, 0) is 9.84 Å². The third-order valence-electron chi connectivity index (χ3n) is 4.93. The predicted molar refractivity (Wildman–Crippen MR) is 115 cm³/mol. The largest absolute Gasteiger partial charge is 0.378 e. The number of anilines is 2. The van der Waals surface area contributed by atoms with E-state index in [9.17, 15) is 13.2 Å². The molecule has 2 fully saturated rings. The fourth-order valence-corrected chi connectivity index (χ4v) is 7.42. The van der Waals surface area contributed by atoms with Gasteiger partial charge < -0.3 is 9.80 Å². The lowest BCUT2D eigenvalue weighted by Crippen LogP contribution is -2.37. The number of amides is 1. The highest BCUT2D eigenvalue weighted by Gasteiger charge is 2.49. The van der Waals surface area contributed by atoms with Gasteiger partial charge in [-0.15, -0.1) is 0 Å². The number of carbonyl (C=O) groups is 1. The molecule has 0 radical (unpaired) electrons. The number of nitrogens with zero attached hydrogens (tertiary/aromatic N) is 3. The highest BCUT2D eigenvalue weighted by atomic mass is 32.2. The maximum absolute atomic E-state index is 12.6. The molecule has 0 unspecified atom stereocenters. The Labute approximate surface area is 169 Å². The number of rotatable bonds is 3. The Hall–Kier alpha value is -2.32. The van der Waals surface area contributed by atoms with Crippen LogP contribution in [0.5, 0.6) is 0 Å². The molecule has 4 rings (SSSR count). The molecule has 0 spiro atoms. The van der Waals surface area contributed by atoms with Gasteiger partial charge >= 0.3 is 0 Å². The molecule has 2 saturated heterocycles. The number of hydrogen-bond acceptors (Lipinski definition) is 5. The van der Waals surface area contributed by atoms with E-state index < -0.39 is 9.84 Å². The van der Waals surface area contributed by atoms with E-state index in [2.05, 4.69) is 4.99 Å². The van der Waals surface area contributed by atoms with Crippen molar-refractivity contribution in [2.24, 2.45) is 4.99 Å². The number of fused-ring (bicyclic) bond motifs is 1. The lowest BCUT2D eigenvalue weighted by Gasteiger charge is -2.25. The average Bonchev–Trinajstić information content (AvgIpc) is 3.13. The summed E-state index contributed by atoms with van der Waals surface area (Å²) in [4.78, 5) is 20.9. The summed E-state index contributed by atoms with van der Waals surface area (Å²) in [6, 6.07) is 16.6. The first-order chi connectivity index (χ1) is 13.3. The third-order valence-corrected chi connectivity index (χ3v) is 8.14. The Bertz CT molecular complexity index is 1020. The SMILES string of the molecule is CN(C)c1ccc(N2C(=NC(=O)c3ccccc3)S[C@H]3CS(=O)(=O)C[C@H]32)cc1. The van der Waals surface area contributed by atoms with Crippen molar-refractivity contribution in [2.45, 2.75) is 11.3 Å². The maximum Gasteiger partial charge on any atom is 0.279 e. The van der Waals surface area contributed by atoms with Crippen LogP contribution in [0.3, 0.4) is 0 Å². The van der Waals surface area contributed by atoms with Gasteiger partial charge in [0.1, 0.15) is 0 Å². The number of sulfone groups is 1. The number of aliphatic imine (C=N–C) groups is 1. The van der Waals surface area contributed by atoms with Crippen LogP contribution in [-0.4, -0.2) is 56.4 Å². The minimum absolute atomic E-state index is 0.0820. The van der Waals surface area contributed by atoms with E-state index in [1.165, 1.54) is 11.8 Å². The van der Waals surface area contributed by atoms with Crippen LogP contribution in [0, 0.1) is 0 Å². The Kier molecular flexibility index (Phi) is 4.93. The van der Waals surface area contributed by atoms with Crippen LogP contribution in [0.2, 0.25) is 0 Å². The maximum atomic E-state index is 12.6. The fraction of sp³-hybridized carbons (Fsp3) is 0.300. The summed E-state index contributed by atoms with van der Waals surface area (Å²) in [7, 11) is 0.845. The topological polar surface area (TPSA) is 70.0 Å². The van der Waals surface area contributed by atoms with Crippen molar-refractivity contribution in [2.75, 3.05) is 35.4 Å². The van der Waals surface area contributed by atoms with Crippen LogP contribution in [0.15, 0.2) is 59.6 Å². The van der Waals surface area contributed by atoms with Crippen molar-refractivity contribution in [1.29, 1.82) is 0 Å². The summed E-state index contributed by atoms with van der Waals surface area (Å²) in [6.07, 6.45) is 0. The highest BCUT2D eigenvalue weighted by molar-refractivity contribution is 8.16. The Morgan fingerprint density at radius 1 is 1.07 bits per heavy atom. The summed E-state index contributed by atoms with van der Waals surface area (Å²) in [5, 5.41) is 0.456. The van der Waals surface area contributed by atoms with Crippen LogP contribution in [0.25, 0.3) is 0 Å². The number of amidine groups is 1. The van der Waals surface area contributed by atoms with Gasteiger partial charge in [0, 0.05) is 36.3 Å². The molecule has 0 aliphatic carbocycles. The van der Waals surface area contributed by atoms with E-state index in [1.54, 1.807) is 24.3 Å². The summed E-state index contributed by atoms with van der Waals surface area (Å²) < 4.78 is 24.3. The molecule has 0 saturated carbocycles. The second-order valence-corrected chi connectivity index (χ2v) is 10.5. The smallest absolute Gasteiger partial charge is 0.279 e. The van der Waals surface area contributed by atoms with Crippen LogP contribution >= 0.6 is 11.8 Å². The Balaban J connectivity index is 1.71. The fourth-order valence-electron chi connectivity index (χ4n) is 3.51. The molecule has 2 aromatic rings. The molecule has 0 aromatic heterocycles. The lowest BCUT2D eigenvalue weighted by atomic mass is 10.2. The third kappa shape index (κ3) is 3.66. The summed E-state index contributed by atoms with van der Waals surface area (Å²) in [5.74, 6) is -0.118. The predicted octanol–water partition coefficient (Wildman–Crippen LogP) is 2.67. The standard InChI is InChI=1S/C20H21N3O3S2/c1-22(2)15-8-10-16(11-9-15)23-17-12-28(25,26)13-18(17)27-20(23)21-19(24)14-6-4-3-5-7-14/h3-11,17-18H,12-13H2,1-2H3/t17-,18+/m1/s1. The van der Waals surface area contributed by atoms with Crippen molar-refractivity contribution in [3.63, 3.8) is 0 Å². The first-order valence-corrected chi connectivity index (χ1v) is 11.7. The second-order valence-electron chi connectivity index (χ2n) is 7.15. The van der Waals surface area contributed by atoms with E-state index in [0.29, 0.717) is 10.7 Å². The van der Waals surface area contributed by atoms with E-state index in [0.717, 1.165) is 11.4 Å². The van der Waals surface area contributed by atoms with Gasteiger partial charge in [0.15, 0.2) is 15.0 Å². The van der Waals surface area contributed by atoms with Crippen LogP contribution < -0.4 is 9.80 Å². The van der Waals surface area contributed by atoms with E-state index >= 15 is 0 Å². The van der Waals surface area contributed by atoms with Gasteiger partial charge in [-0.25, -0.2) is 8.42 Å². The van der Waals surface area contributed by atoms with Gasteiger partial charge in [0.05, 0.1) is 17.5 Å². The van der Waals surface area contributed by atoms with Crippen LogP contribution in [0.1, 0.15) is 10.4 Å². The van der Waals surface area contributed by atoms with Crippen molar-refractivity contribution < 1.29 is 13.2 Å². The van der Waals surface area contributed by atoms with E-state index in [4.69, 9.17) is 0 Å². The first kappa shape index (κ1) is 19.0. The molecule has 0 N–H and O–H groups in total. The molecule has 0 bridgehead atoms. The molecule has 2 heterocycles. The molecule has 1 amide bonds. The lowest BCUT2D eigenvalue weighted by molar-refractivity contribution is 0.100. The Morgan fingerprint density at radius 3 is 2.39 bits per heavy atom. The van der Waals surface area contributed by atoms with Crippen molar-refractivity contribution in [1.82, 2.24) is 0 Å². The molecule has 6 nitrogen and oxygen atoms in total. The highest BCUT2D eigenvalue weighted by Crippen LogP contribution is 2.41. The molecule has 2 aromatic carbocycles. The molecule has 146 valence electrons. The minimum atomic E-state index is -3.08. The van der Waals surface area contributed by atoms with Crippen LogP contribution in [0.4, 0.5) is 11.4 Å². The average molecular weight is 416 g/mol. The zero-order valence-electron chi connectivity index (χ0n) is 15.6. The molecular formula is C20H21N3O3S2. The molecule has 2 aliphatic rings. The molecule has 28 heavy (non-hydrogen) atoms. The second kappa shape index (κ2) is 7.25. The van der Waals surface area contributed by atoms with Gasteiger partial charge in [-0.2, -0.15) is 4.99 Å². The number of thioether (sulfide) groups is 1. The van der Waals surface area contributed by atoms with E-state index in [1.807, 2.05) is 54.2 Å². The minimum Gasteiger partial charge on any atom is -0.378 e. The summed E-state index contributed by atoms with van der Waals surface area (Å²) in [5.41, 5.74) is 2.41. The molecular weight excluding hydrogens is 394 g/mol. The van der Waals surface area contributed by atoms with Gasteiger partial charge in [0.25, 0.3) is 5.91 Å². The van der Waals surface area contributed by atoms with Crippen molar-refractivity contribution >= 4 is 44.0 Å². The zero-order valence-corrected chi connectivity index (χ0v) is 17.3. The van der Waals surface area contributed by atoms with Crippen molar-refractivity contribution in [3.8, 4) is 0 Å². The van der Waals surface area contributed by atoms with E-state index in [-0.39, 0.29) is 28.7 Å².